The normalized spacial score (nSPS) is 10.2. The summed E-state index contributed by atoms with van der Waals surface area (Å²) in [6.45, 7) is 4.07. The van der Waals surface area contributed by atoms with E-state index in [1.165, 1.54) is 0 Å². The minimum Gasteiger partial charge on any atom is -0.296 e. The molecule has 0 spiro atoms. The summed E-state index contributed by atoms with van der Waals surface area (Å²) < 4.78 is 0. The maximum Gasteiger partial charge on any atom is 0.170 e. The van der Waals surface area contributed by atoms with Gasteiger partial charge in [0.2, 0.25) is 0 Å². The van der Waals surface area contributed by atoms with E-state index in [2.05, 4.69) is 10.2 Å². The van der Waals surface area contributed by atoms with E-state index in [-0.39, 0.29) is 5.69 Å². The van der Waals surface area contributed by atoms with Crippen molar-refractivity contribution < 1.29 is 9.59 Å². The van der Waals surface area contributed by atoms with Crippen LogP contribution in [0.3, 0.4) is 0 Å². The summed E-state index contributed by atoms with van der Waals surface area (Å²) in [6.07, 6.45) is 2.02. The Bertz CT molecular complexity index is 348. The van der Waals surface area contributed by atoms with Crippen LogP contribution in [-0.2, 0) is 6.42 Å². The molecule has 14 heavy (non-hydrogen) atoms. The number of aldehydes is 2. The van der Waals surface area contributed by atoms with Crippen LogP contribution in [0.2, 0.25) is 0 Å². The Labute approximate surface area is 82.4 Å². The van der Waals surface area contributed by atoms with Gasteiger partial charge >= 0.3 is 0 Å². The highest BCUT2D eigenvalue weighted by Gasteiger charge is 2.07. The van der Waals surface area contributed by atoms with Gasteiger partial charge in [0.05, 0.1) is 0 Å². The molecule has 0 fully saturated rings. The van der Waals surface area contributed by atoms with Gasteiger partial charge in [0.25, 0.3) is 0 Å². The van der Waals surface area contributed by atoms with Crippen molar-refractivity contribution in [2.24, 2.45) is 5.92 Å². The van der Waals surface area contributed by atoms with Crippen molar-refractivity contribution in [2.75, 3.05) is 0 Å². The van der Waals surface area contributed by atoms with Crippen molar-refractivity contribution >= 4 is 12.6 Å². The first-order chi connectivity index (χ1) is 6.67. The predicted octanol–water partition coefficient (Wildman–Crippen LogP) is 1.30. The van der Waals surface area contributed by atoms with Gasteiger partial charge in [-0.3, -0.25) is 9.59 Å². The predicted molar refractivity (Wildman–Crippen MR) is 51.3 cm³/mol. The largest absolute Gasteiger partial charge is 0.296 e. The van der Waals surface area contributed by atoms with E-state index in [0.29, 0.717) is 24.2 Å². The highest BCUT2D eigenvalue weighted by molar-refractivity contribution is 5.77. The van der Waals surface area contributed by atoms with E-state index in [1.54, 1.807) is 6.07 Å². The number of carbonyl (C=O) groups excluding carboxylic acids is 2. The zero-order valence-corrected chi connectivity index (χ0v) is 8.23. The quantitative estimate of drug-likeness (QED) is 0.674. The van der Waals surface area contributed by atoms with Gasteiger partial charge in [0, 0.05) is 0 Å². The molecule has 0 amide bonds. The molecule has 0 N–H and O–H groups in total. The van der Waals surface area contributed by atoms with Crippen LogP contribution in [0.1, 0.15) is 40.4 Å². The molecule has 4 heteroatoms. The molecule has 1 rings (SSSR count). The molecule has 0 aliphatic rings. The maximum atomic E-state index is 10.6. The van der Waals surface area contributed by atoms with Crippen LogP contribution in [-0.4, -0.2) is 22.8 Å². The molecule has 0 atom stereocenters. The summed E-state index contributed by atoms with van der Waals surface area (Å²) in [7, 11) is 0. The topological polar surface area (TPSA) is 59.9 Å². The lowest BCUT2D eigenvalue weighted by atomic mass is 10.0. The van der Waals surface area contributed by atoms with Crippen molar-refractivity contribution in [1.29, 1.82) is 0 Å². The SMILES string of the molecule is CC(C)Cc1cc(C=O)nnc1C=O. The smallest absolute Gasteiger partial charge is 0.170 e. The zero-order valence-electron chi connectivity index (χ0n) is 8.23. The van der Waals surface area contributed by atoms with Crippen LogP contribution in [0, 0.1) is 5.92 Å². The summed E-state index contributed by atoms with van der Waals surface area (Å²) in [5, 5.41) is 7.26. The van der Waals surface area contributed by atoms with Gasteiger partial charge in [-0.1, -0.05) is 13.8 Å². The standard InChI is InChI=1S/C10H12N2O2/c1-7(2)3-8-4-9(5-13)11-12-10(8)6-14/h4-7H,3H2,1-2H3. The van der Waals surface area contributed by atoms with E-state index in [0.717, 1.165) is 12.0 Å². The fourth-order valence-corrected chi connectivity index (χ4v) is 1.22. The second kappa shape index (κ2) is 4.60. The van der Waals surface area contributed by atoms with Gasteiger partial charge < -0.3 is 0 Å². The van der Waals surface area contributed by atoms with Gasteiger partial charge in [-0.15, -0.1) is 10.2 Å². The van der Waals surface area contributed by atoms with Gasteiger partial charge in [0.15, 0.2) is 12.6 Å². The first-order valence-corrected chi connectivity index (χ1v) is 4.44. The first-order valence-electron chi connectivity index (χ1n) is 4.44. The molecule has 1 aromatic heterocycles. The first kappa shape index (κ1) is 10.5. The Balaban J connectivity index is 3.07. The van der Waals surface area contributed by atoms with Gasteiger partial charge in [-0.05, 0) is 24.0 Å². The van der Waals surface area contributed by atoms with Crippen LogP contribution in [0.4, 0.5) is 0 Å². The van der Waals surface area contributed by atoms with Crippen molar-refractivity contribution in [1.82, 2.24) is 10.2 Å². The van der Waals surface area contributed by atoms with Crippen molar-refractivity contribution in [3.63, 3.8) is 0 Å². The Kier molecular flexibility index (Phi) is 3.45. The molecule has 74 valence electrons. The molecule has 0 aliphatic carbocycles. The highest BCUT2D eigenvalue weighted by Crippen LogP contribution is 2.10. The van der Waals surface area contributed by atoms with E-state index < -0.39 is 0 Å². The Morgan fingerprint density at radius 1 is 1.29 bits per heavy atom. The third-order valence-electron chi connectivity index (χ3n) is 1.78. The molecule has 0 aliphatic heterocycles. The van der Waals surface area contributed by atoms with E-state index in [4.69, 9.17) is 0 Å². The second-order valence-electron chi connectivity index (χ2n) is 3.51. The van der Waals surface area contributed by atoms with E-state index in [1.807, 2.05) is 13.8 Å². The molecule has 0 bridgehead atoms. The second-order valence-corrected chi connectivity index (χ2v) is 3.51. The van der Waals surface area contributed by atoms with Crippen molar-refractivity contribution in [2.45, 2.75) is 20.3 Å². The molecule has 0 saturated heterocycles. The molecular weight excluding hydrogens is 180 g/mol. The molecule has 0 aromatic carbocycles. The van der Waals surface area contributed by atoms with Gasteiger partial charge in [-0.25, -0.2) is 0 Å². The molecule has 0 unspecified atom stereocenters. The fourth-order valence-electron chi connectivity index (χ4n) is 1.22. The number of carbonyl (C=O) groups is 2. The number of aromatic nitrogens is 2. The summed E-state index contributed by atoms with van der Waals surface area (Å²) in [6, 6.07) is 1.61. The average Bonchev–Trinajstić information content (AvgIpc) is 2.16. The molecule has 1 aromatic rings. The van der Waals surface area contributed by atoms with Crippen LogP contribution < -0.4 is 0 Å². The molecular formula is C10H12N2O2. The Morgan fingerprint density at radius 3 is 2.50 bits per heavy atom. The lowest BCUT2D eigenvalue weighted by Crippen LogP contribution is -2.05. The summed E-state index contributed by atoms with van der Waals surface area (Å²) in [5.74, 6) is 0.414. The van der Waals surface area contributed by atoms with Crippen LogP contribution in [0.25, 0.3) is 0 Å². The van der Waals surface area contributed by atoms with Crippen LogP contribution in [0.15, 0.2) is 6.07 Å². The van der Waals surface area contributed by atoms with E-state index >= 15 is 0 Å². The van der Waals surface area contributed by atoms with Gasteiger partial charge in [-0.2, -0.15) is 0 Å². The fraction of sp³-hybridized carbons (Fsp3) is 0.400. The monoisotopic (exact) mass is 192 g/mol. The minimum absolute atomic E-state index is 0.270. The summed E-state index contributed by atoms with van der Waals surface area (Å²) in [5.41, 5.74) is 1.38. The van der Waals surface area contributed by atoms with E-state index in [9.17, 15) is 9.59 Å². The van der Waals surface area contributed by atoms with Crippen LogP contribution >= 0.6 is 0 Å². The number of rotatable bonds is 4. The molecule has 0 saturated carbocycles. The summed E-state index contributed by atoms with van der Waals surface area (Å²) >= 11 is 0. The highest BCUT2D eigenvalue weighted by atomic mass is 16.1. The third kappa shape index (κ3) is 2.45. The average molecular weight is 192 g/mol. The number of hydrogen-bond acceptors (Lipinski definition) is 4. The summed E-state index contributed by atoms with van der Waals surface area (Å²) in [4.78, 5) is 21.1. The molecule has 0 radical (unpaired) electrons. The van der Waals surface area contributed by atoms with Crippen molar-refractivity contribution in [3.8, 4) is 0 Å². The lowest BCUT2D eigenvalue weighted by Gasteiger charge is -2.06. The number of nitrogens with zero attached hydrogens (tertiary/aromatic N) is 2. The number of hydrogen-bond donors (Lipinski definition) is 0. The Hall–Kier alpha value is -1.58. The molecule has 4 nitrogen and oxygen atoms in total. The molecule has 1 heterocycles. The third-order valence-corrected chi connectivity index (χ3v) is 1.78. The maximum absolute atomic E-state index is 10.6. The zero-order chi connectivity index (χ0) is 10.6. The van der Waals surface area contributed by atoms with Crippen LogP contribution in [0.5, 0.6) is 0 Å². The Morgan fingerprint density at radius 2 is 2.00 bits per heavy atom. The van der Waals surface area contributed by atoms with Gasteiger partial charge in [0.1, 0.15) is 11.4 Å². The van der Waals surface area contributed by atoms with Crippen molar-refractivity contribution in [3.05, 3.63) is 23.0 Å². The lowest BCUT2D eigenvalue weighted by molar-refractivity contribution is 0.110. The minimum atomic E-state index is 0.270.